The zero-order valence-corrected chi connectivity index (χ0v) is 11.6. The van der Waals surface area contributed by atoms with E-state index in [-0.39, 0.29) is 17.2 Å². The molecule has 2 heterocycles. The molecule has 0 aromatic carbocycles. The van der Waals surface area contributed by atoms with Crippen LogP contribution in [0.3, 0.4) is 0 Å². The number of rotatable bonds is 3. The topological polar surface area (TPSA) is 46.6 Å². The molecule has 2 saturated heterocycles. The lowest BCUT2D eigenvalue weighted by molar-refractivity contribution is 0.00582. The zero-order chi connectivity index (χ0) is 12.5. The summed E-state index contributed by atoms with van der Waals surface area (Å²) in [6, 6.07) is 0.142. The van der Waals surface area contributed by atoms with E-state index in [2.05, 4.69) is 6.92 Å². The summed E-state index contributed by atoms with van der Waals surface area (Å²) in [7, 11) is -3.04. The molecule has 1 spiro atoms. The number of nitrogens with zero attached hydrogens (tertiary/aromatic N) is 1. The van der Waals surface area contributed by atoms with Crippen LogP contribution < -0.4 is 0 Å². The van der Waals surface area contributed by atoms with Gasteiger partial charge in [-0.25, -0.2) is 8.42 Å². The molecule has 2 rings (SSSR count). The quantitative estimate of drug-likeness (QED) is 0.775. The van der Waals surface area contributed by atoms with E-state index in [0.717, 1.165) is 32.5 Å². The Bertz CT molecular complexity index is 360. The lowest BCUT2D eigenvalue weighted by atomic mass is 9.75. The lowest BCUT2D eigenvalue weighted by Gasteiger charge is -2.38. The molecule has 2 fully saturated rings. The minimum atomic E-state index is -3.04. The van der Waals surface area contributed by atoms with Crippen molar-refractivity contribution in [3.05, 3.63) is 0 Å². The van der Waals surface area contributed by atoms with Gasteiger partial charge < -0.3 is 4.74 Å². The van der Waals surface area contributed by atoms with E-state index in [1.807, 2.05) is 6.92 Å². The molecule has 2 aliphatic rings. The van der Waals surface area contributed by atoms with Crippen LogP contribution >= 0.6 is 0 Å². The van der Waals surface area contributed by atoms with E-state index < -0.39 is 10.0 Å². The molecule has 2 aliphatic heterocycles. The summed E-state index contributed by atoms with van der Waals surface area (Å²) in [5.74, 6) is 0.282. The van der Waals surface area contributed by atoms with Crippen LogP contribution in [0.2, 0.25) is 0 Å². The first-order chi connectivity index (χ1) is 8.02. The highest BCUT2D eigenvalue weighted by molar-refractivity contribution is 7.89. The van der Waals surface area contributed by atoms with Crippen molar-refractivity contribution in [3.8, 4) is 0 Å². The average Bonchev–Trinajstić information content (AvgIpc) is 2.59. The van der Waals surface area contributed by atoms with Crippen LogP contribution in [-0.2, 0) is 14.8 Å². The summed E-state index contributed by atoms with van der Waals surface area (Å²) in [6.45, 7) is 6.26. The van der Waals surface area contributed by atoms with Gasteiger partial charge in [0.1, 0.15) is 0 Å². The van der Waals surface area contributed by atoms with Gasteiger partial charge in [-0.2, -0.15) is 4.31 Å². The molecule has 0 radical (unpaired) electrons. The van der Waals surface area contributed by atoms with Crippen molar-refractivity contribution in [2.45, 2.75) is 45.6 Å². The van der Waals surface area contributed by atoms with Crippen molar-refractivity contribution in [2.75, 3.05) is 25.5 Å². The van der Waals surface area contributed by atoms with Crippen LogP contribution in [0.25, 0.3) is 0 Å². The number of sulfonamides is 1. The van der Waals surface area contributed by atoms with Crippen LogP contribution in [0.1, 0.15) is 39.5 Å². The maximum absolute atomic E-state index is 12.2. The van der Waals surface area contributed by atoms with Crippen molar-refractivity contribution in [2.24, 2.45) is 5.41 Å². The third-order valence-corrected chi connectivity index (χ3v) is 6.59. The molecule has 0 aromatic heterocycles. The number of hydrogen-bond acceptors (Lipinski definition) is 3. The van der Waals surface area contributed by atoms with Gasteiger partial charge in [-0.1, -0.05) is 6.92 Å². The fraction of sp³-hybridized carbons (Fsp3) is 1.00. The minimum absolute atomic E-state index is 0.142. The Morgan fingerprint density at radius 1 is 1.29 bits per heavy atom. The molecule has 0 saturated carbocycles. The van der Waals surface area contributed by atoms with Crippen LogP contribution in [0.5, 0.6) is 0 Å². The van der Waals surface area contributed by atoms with E-state index in [4.69, 9.17) is 4.74 Å². The standard InChI is InChI=1S/C12H23NO3S/c1-3-10-17(14,15)13-7-4-12(11(13)2)5-8-16-9-6-12/h11H,3-10H2,1-2H3. The maximum atomic E-state index is 12.2. The Morgan fingerprint density at radius 2 is 1.94 bits per heavy atom. The van der Waals surface area contributed by atoms with Gasteiger partial charge in [0.2, 0.25) is 10.0 Å². The third kappa shape index (κ3) is 2.37. The molecule has 0 aliphatic carbocycles. The monoisotopic (exact) mass is 261 g/mol. The molecule has 5 heteroatoms. The largest absolute Gasteiger partial charge is 0.381 e. The Balaban J connectivity index is 2.14. The Labute approximate surface area is 104 Å². The fourth-order valence-electron chi connectivity index (χ4n) is 3.24. The molecule has 0 N–H and O–H groups in total. The SMILES string of the molecule is CCCS(=O)(=O)N1CCC2(CCOCC2)C1C. The van der Waals surface area contributed by atoms with Crippen LogP contribution in [0.4, 0.5) is 0 Å². The average molecular weight is 261 g/mol. The second-order valence-electron chi connectivity index (χ2n) is 5.33. The van der Waals surface area contributed by atoms with Crippen molar-refractivity contribution in [3.63, 3.8) is 0 Å². The summed E-state index contributed by atoms with van der Waals surface area (Å²) >= 11 is 0. The molecule has 0 aromatic rings. The summed E-state index contributed by atoms with van der Waals surface area (Å²) in [5, 5.41) is 0. The molecule has 0 amide bonds. The van der Waals surface area contributed by atoms with Crippen molar-refractivity contribution in [1.29, 1.82) is 0 Å². The van der Waals surface area contributed by atoms with Crippen LogP contribution in [0, 0.1) is 5.41 Å². The van der Waals surface area contributed by atoms with E-state index in [0.29, 0.717) is 13.0 Å². The van der Waals surface area contributed by atoms with E-state index in [1.165, 1.54) is 0 Å². The fourth-order valence-corrected chi connectivity index (χ4v) is 5.07. The molecule has 1 unspecified atom stereocenters. The second-order valence-corrected chi connectivity index (χ2v) is 7.37. The highest BCUT2D eigenvalue weighted by Gasteiger charge is 2.48. The van der Waals surface area contributed by atoms with Crippen molar-refractivity contribution >= 4 is 10.0 Å². The molecule has 1 atom stereocenters. The highest BCUT2D eigenvalue weighted by atomic mass is 32.2. The summed E-state index contributed by atoms with van der Waals surface area (Å²) in [4.78, 5) is 0. The Kier molecular flexibility index (Phi) is 3.80. The molecule has 4 nitrogen and oxygen atoms in total. The normalized spacial score (nSPS) is 29.9. The zero-order valence-electron chi connectivity index (χ0n) is 10.8. The Morgan fingerprint density at radius 3 is 2.53 bits per heavy atom. The third-order valence-electron chi connectivity index (χ3n) is 4.46. The summed E-state index contributed by atoms with van der Waals surface area (Å²) < 4.78 is 31.5. The maximum Gasteiger partial charge on any atom is 0.214 e. The predicted octanol–water partition coefficient (Wildman–Crippen LogP) is 1.62. The van der Waals surface area contributed by atoms with Gasteiger partial charge in [0.05, 0.1) is 5.75 Å². The summed E-state index contributed by atoms with van der Waals surface area (Å²) in [6.07, 6.45) is 3.71. The number of hydrogen-bond donors (Lipinski definition) is 0. The number of ether oxygens (including phenoxy) is 1. The predicted molar refractivity (Wildman–Crippen MR) is 67.3 cm³/mol. The minimum Gasteiger partial charge on any atom is -0.381 e. The molecular formula is C12H23NO3S. The lowest BCUT2D eigenvalue weighted by Crippen LogP contribution is -2.43. The van der Waals surface area contributed by atoms with E-state index in [1.54, 1.807) is 4.31 Å². The van der Waals surface area contributed by atoms with Crippen LogP contribution in [0.15, 0.2) is 0 Å². The van der Waals surface area contributed by atoms with Gasteiger partial charge in [0.25, 0.3) is 0 Å². The van der Waals surface area contributed by atoms with Gasteiger partial charge >= 0.3 is 0 Å². The second kappa shape index (κ2) is 4.86. The van der Waals surface area contributed by atoms with Crippen molar-refractivity contribution in [1.82, 2.24) is 4.31 Å². The van der Waals surface area contributed by atoms with Gasteiger partial charge in [0.15, 0.2) is 0 Å². The smallest absolute Gasteiger partial charge is 0.214 e. The van der Waals surface area contributed by atoms with Gasteiger partial charge in [-0.15, -0.1) is 0 Å². The van der Waals surface area contributed by atoms with Crippen LogP contribution in [-0.4, -0.2) is 44.3 Å². The molecule has 100 valence electrons. The first-order valence-corrected chi connectivity index (χ1v) is 8.20. The van der Waals surface area contributed by atoms with E-state index >= 15 is 0 Å². The first kappa shape index (κ1) is 13.3. The van der Waals surface area contributed by atoms with Crippen molar-refractivity contribution < 1.29 is 13.2 Å². The Hall–Kier alpha value is -0.130. The van der Waals surface area contributed by atoms with Gasteiger partial charge in [-0.3, -0.25) is 0 Å². The van der Waals surface area contributed by atoms with Gasteiger partial charge in [-0.05, 0) is 38.0 Å². The molecular weight excluding hydrogens is 238 g/mol. The molecule has 0 bridgehead atoms. The molecule has 17 heavy (non-hydrogen) atoms. The first-order valence-electron chi connectivity index (χ1n) is 6.59. The summed E-state index contributed by atoms with van der Waals surface area (Å²) in [5.41, 5.74) is 0.180. The highest BCUT2D eigenvalue weighted by Crippen LogP contribution is 2.45. The van der Waals surface area contributed by atoms with Gasteiger partial charge in [0, 0.05) is 25.8 Å². The van der Waals surface area contributed by atoms with E-state index in [9.17, 15) is 8.42 Å².